The minimum atomic E-state index is -3.87. The lowest BCUT2D eigenvalue weighted by Gasteiger charge is -2.36. The minimum Gasteiger partial charge on any atom is -0.494 e. The van der Waals surface area contributed by atoms with Crippen molar-refractivity contribution in [3.63, 3.8) is 0 Å². The van der Waals surface area contributed by atoms with Crippen LogP contribution >= 0.6 is 11.6 Å². The minimum absolute atomic E-state index is 0.0376. The average molecular weight is 724 g/mol. The first-order valence-corrected chi connectivity index (χ1v) is 18.5. The number of nitrogens with one attached hydrogen (secondary N) is 3. The summed E-state index contributed by atoms with van der Waals surface area (Å²) >= 11 is 6.34. The number of hydrogen-bond donors (Lipinski definition) is 3. The molecule has 2 aliphatic carbocycles. The number of carbonyl (C=O) groups is 3. The van der Waals surface area contributed by atoms with Crippen LogP contribution in [0.3, 0.4) is 0 Å². The van der Waals surface area contributed by atoms with E-state index in [-0.39, 0.29) is 31.2 Å². The third-order valence-corrected chi connectivity index (χ3v) is 11.6. The number of nitrogens with zero attached hydrogens (tertiary/aromatic N) is 2. The number of amides is 3. The second-order valence-electron chi connectivity index (χ2n) is 14.3. The van der Waals surface area contributed by atoms with Gasteiger partial charge in [0.15, 0.2) is 0 Å². The van der Waals surface area contributed by atoms with Gasteiger partial charge < -0.3 is 25.0 Å². The second-order valence-corrected chi connectivity index (χ2v) is 16.7. The molecule has 2 heterocycles. The topological polar surface area (TPSA) is 156 Å². The lowest BCUT2D eigenvalue weighted by atomic mass is 9.85. The SMILES string of the molecule is C=C[C@@H]1C[C@]1(NC(=O)[C@@H]1C[C@@H](Oc2ncc(OC)c3ccc(Cl)cc23)CN1C(=O)[C@@H](Nc1ccccc1)C(C)(C)C)C(=O)NS(=O)(=O)C1CC1. The van der Waals surface area contributed by atoms with Gasteiger partial charge >= 0.3 is 0 Å². The number of aromatic nitrogens is 1. The Morgan fingerprint density at radius 2 is 1.84 bits per heavy atom. The van der Waals surface area contributed by atoms with Crippen molar-refractivity contribution in [1.82, 2.24) is 19.9 Å². The maximum absolute atomic E-state index is 14.6. The van der Waals surface area contributed by atoms with Gasteiger partial charge in [0.25, 0.3) is 5.91 Å². The Labute approximate surface area is 297 Å². The number of rotatable bonds is 12. The summed E-state index contributed by atoms with van der Waals surface area (Å²) in [6, 6.07) is 12.8. The molecule has 3 aliphatic rings. The second kappa shape index (κ2) is 13.4. The molecule has 2 saturated carbocycles. The van der Waals surface area contributed by atoms with Crippen LogP contribution in [-0.2, 0) is 24.4 Å². The predicted molar refractivity (Wildman–Crippen MR) is 190 cm³/mol. The van der Waals surface area contributed by atoms with Crippen LogP contribution in [0.5, 0.6) is 11.6 Å². The van der Waals surface area contributed by atoms with Crippen molar-refractivity contribution in [2.75, 3.05) is 19.0 Å². The van der Waals surface area contributed by atoms with E-state index in [1.165, 1.54) is 24.3 Å². The van der Waals surface area contributed by atoms with E-state index in [1.807, 2.05) is 51.1 Å². The molecule has 3 N–H and O–H groups in total. The molecular weight excluding hydrogens is 682 g/mol. The molecule has 0 spiro atoms. The first kappa shape index (κ1) is 35.5. The van der Waals surface area contributed by atoms with Crippen LogP contribution < -0.4 is 24.8 Å². The van der Waals surface area contributed by atoms with Gasteiger partial charge in [-0.1, -0.05) is 56.6 Å². The fraction of sp³-hybridized carbons (Fsp3) is 0.444. The summed E-state index contributed by atoms with van der Waals surface area (Å²) in [5.74, 6) is -1.45. The number of carbonyl (C=O) groups excluding carboxylic acids is 3. The van der Waals surface area contributed by atoms with Crippen molar-refractivity contribution in [2.24, 2.45) is 11.3 Å². The Hall–Kier alpha value is -4.36. The first-order valence-electron chi connectivity index (χ1n) is 16.6. The molecule has 1 aromatic heterocycles. The Balaban J connectivity index is 1.31. The highest BCUT2D eigenvalue weighted by Gasteiger charge is 2.62. The van der Waals surface area contributed by atoms with Crippen LogP contribution in [0.15, 0.2) is 67.4 Å². The van der Waals surface area contributed by atoms with Crippen molar-refractivity contribution in [2.45, 2.75) is 75.4 Å². The zero-order valence-electron chi connectivity index (χ0n) is 28.4. The van der Waals surface area contributed by atoms with Crippen LogP contribution in [-0.4, -0.2) is 78.7 Å². The standard InChI is InChI=1S/C36H42ClN5O7S/c1-6-21-18-36(21,34(45)41-50(46,47)25-13-14-25)40-31(43)28-17-24(49-32-27-16-22(37)12-15-26(27)29(48-5)19-38-32)20-42(28)33(44)30(35(2,3)4)39-23-10-8-7-9-11-23/h6-12,15-16,19,21,24-25,28,30,39H,1,13-14,17-18,20H2,2-5H3,(H,40,43)(H,41,45)/t21-,24-,28+,30-,36-/m1/s1. The number of methoxy groups -OCH3 is 1. The Morgan fingerprint density at radius 3 is 2.46 bits per heavy atom. The molecule has 0 unspecified atom stereocenters. The number of halogens is 1. The number of hydrogen-bond acceptors (Lipinski definition) is 9. The van der Waals surface area contributed by atoms with Crippen LogP contribution in [0.1, 0.15) is 46.5 Å². The molecule has 1 aliphatic heterocycles. The van der Waals surface area contributed by atoms with E-state index in [0.717, 1.165) is 11.1 Å². The molecule has 3 aromatic rings. The number of para-hydroxylation sites is 1. The number of pyridine rings is 1. The van der Waals surface area contributed by atoms with E-state index in [4.69, 9.17) is 21.1 Å². The summed E-state index contributed by atoms with van der Waals surface area (Å²) in [6.07, 6.45) is 3.59. The maximum Gasteiger partial charge on any atom is 0.259 e. The van der Waals surface area contributed by atoms with Gasteiger partial charge in [0, 0.05) is 33.8 Å². The van der Waals surface area contributed by atoms with Gasteiger partial charge in [0.2, 0.25) is 27.7 Å². The van der Waals surface area contributed by atoms with E-state index < -0.39 is 62.1 Å². The summed E-state index contributed by atoms with van der Waals surface area (Å²) in [5, 5.41) is 7.35. The average Bonchev–Trinajstić information content (AvgIpc) is 4.00. The van der Waals surface area contributed by atoms with Crippen LogP contribution in [0.4, 0.5) is 5.69 Å². The molecule has 1 saturated heterocycles. The molecule has 12 nitrogen and oxygen atoms in total. The summed E-state index contributed by atoms with van der Waals surface area (Å²) in [6.45, 7) is 9.62. The van der Waals surface area contributed by atoms with Crippen molar-refractivity contribution in [3.8, 4) is 11.6 Å². The maximum atomic E-state index is 14.6. The molecular formula is C36H42ClN5O7S. The molecule has 6 rings (SSSR count). The first-order chi connectivity index (χ1) is 23.7. The fourth-order valence-corrected chi connectivity index (χ4v) is 8.02. The van der Waals surface area contributed by atoms with Gasteiger partial charge in [-0.05, 0) is 55.0 Å². The van der Waals surface area contributed by atoms with Gasteiger partial charge in [-0.2, -0.15) is 0 Å². The van der Waals surface area contributed by atoms with E-state index in [9.17, 15) is 22.8 Å². The largest absolute Gasteiger partial charge is 0.494 e. The van der Waals surface area contributed by atoms with E-state index in [1.54, 1.807) is 18.2 Å². The molecule has 50 heavy (non-hydrogen) atoms. The zero-order valence-corrected chi connectivity index (χ0v) is 30.0. The van der Waals surface area contributed by atoms with Crippen molar-refractivity contribution in [3.05, 3.63) is 72.4 Å². The van der Waals surface area contributed by atoms with E-state index >= 15 is 0 Å². The highest BCUT2D eigenvalue weighted by atomic mass is 35.5. The molecule has 0 radical (unpaired) electrons. The molecule has 266 valence electrons. The molecule has 14 heteroatoms. The summed E-state index contributed by atoms with van der Waals surface area (Å²) < 4.78 is 39.4. The molecule has 5 atom stereocenters. The third-order valence-electron chi connectivity index (χ3n) is 9.57. The highest BCUT2D eigenvalue weighted by Crippen LogP contribution is 2.46. The smallest absolute Gasteiger partial charge is 0.259 e. The van der Waals surface area contributed by atoms with Gasteiger partial charge in [-0.15, -0.1) is 6.58 Å². The quantitative estimate of drug-likeness (QED) is 0.230. The van der Waals surface area contributed by atoms with Crippen LogP contribution in [0, 0.1) is 11.3 Å². The summed E-state index contributed by atoms with van der Waals surface area (Å²) in [5.41, 5.74) is -1.36. The van der Waals surface area contributed by atoms with Crippen molar-refractivity contribution >= 4 is 55.8 Å². The van der Waals surface area contributed by atoms with Crippen LogP contribution in [0.25, 0.3) is 10.8 Å². The number of anilines is 1. The Kier molecular flexibility index (Phi) is 9.51. The van der Waals surface area contributed by atoms with Gasteiger partial charge in [-0.3, -0.25) is 19.1 Å². The summed E-state index contributed by atoms with van der Waals surface area (Å²) in [7, 11) is -2.33. The molecule has 0 bridgehead atoms. The lowest BCUT2D eigenvalue weighted by molar-refractivity contribution is -0.141. The summed E-state index contributed by atoms with van der Waals surface area (Å²) in [4.78, 5) is 48.2. The molecule has 3 amide bonds. The molecule has 2 aromatic carbocycles. The van der Waals surface area contributed by atoms with Gasteiger partial charge in [0.1, 0.15) is 29.5 Å². The van der Waals surface area contributed by atoms with Gasteiger partial charge in [0.05, 0.1) is 25.1 Å². The zero-order chi connectivity index (χ0) is 36.0. The number of likely N-dealkylation sites (tertiary alicyclic amines) is 1. The van der Waals surface area contributed by atoms with E-state index in [2.05, 4.69) is 26.9 Å². The van der Waals surface area contributed by atoms with Crippen molar-refractivity contribution in [1.29, 1.82) is 0 Å². The predicted octanol–water partition coefficient (Wildman–Crippen LogP) is 4.44. The molecule has 3 fully saturated rings. The Morgan fingerprint density at radius 1 is 1.12 bits per heavy atom. The van der Waals surface area contributed by atoms with Crippen molar-refractivity contribution < 1.29 is 32.3 Å². The fourth-order valence-electron chi connectivity index (χ4n) is 6.49. The lowest BCUT2D eigenvalue weighted by Crippen LogP contribution is -2.58. The Bertz CT molecular complexity index is 1930. The number of sulfonamides is 1. The highest BCUT2D eigenvalue weighted by molar-refractivity contribution is 7.91. The number of benzene rings is 2. The van der Waals surface area contributed by atoms with Gasteiger partial charge in [-0.25, -0.2) is 13.4 Å². The van der Waals surface area contributed by atoms with E-state index in [0.29, 0.717) is 29.0 Å². The normalized spacial score (nSPS) is 23.9. The number of ether oxygens (including phenoxy) is 2. The van der Waals surface area contributed by atoms with Crippen LogP contribution in [0.2, 0.25) is 5.02 Å². The monoisotopic (exact) mass is 723 g/mol. The third kappa shape index (κ3) is 7.11. The number of fused-ring (bicyclic) bond motifs is 1.